The lowest BCUT2D eigenvalue weighted by Gasteiger charge is -2.25. The molecule has 5 rings (SSSR count). The Morgan fingerprint density at radius 3 is 2.58 bits per heavy atom. The number of phenols is 1. The number of halogens is 2. The van der Waals surface area contributed by atoms with Crippen LogP contribution in [0.15, 0.2) is 87.8 Å². The Kier molecular flexibility index (Phi) is 6.88. The van der Waals surface area contributed by atoms with Crippen LogP contribution in [0.1, 0.15) is 24.1 Å². The maximum Gasteiger partial charge on any atom is 0.271 e. The first-order chi connectivity index (χ1) is 18.3. The summed E-state index contributed by atoms with van der Waals surface area (Å²) in [5, 5.41) is 13.0. The van der Waals surface area contributed by atoms with Gasteiger partial charge in [0.2, 0.25) is 0 Å². The van der Waals surface area contributed by atoms with Gasteiger partial charge >= 0.3 is 0 Å². The first kappa shape index (κ1) is 25.4. The number of hydrogen-bond donors (Lipinski definition) is 2. The van der Waals surface area contributed by atoms with E-state index in [0.29, 0.717) is 31.8 Å². The highest BCUT2D eigenvalue weighted by Crippen LogP contribution is 2.35. The molecule has 2 N–H and O–H groups in total. The van der Waals surface area contributed by atoms with Crippen molar-refractivity contribution in [2.24, 2.45) is 4.99 Å². The zero-order valence-electron chi connectivity index (χ0n) is 20.2. The lowest BCUT2D eigenvalue weighted by atomic mass is 9.95. The van der Waals surface area contributed by atoms with E-state index >= 15 is 0 Å². The van der Waals surface area contributed by atoms with Crippen LogP contribution in [-0.4, -0.2) is 22.7 Å². The summed E-state index contributed by atoms with van der Waals surface area (Å²) in [6.07, 6.45) is 1.61. The molecule has 0 unspecified atom stereocenters. The Balaban J connectivity index is 1.68. The van der Waals surface area contributed by atoms with Crippen molar-refractivity contribution in [3.05, 3.63) is 120 Å². The molecule has 4 aromatic rings. The predicted octanol–water partition coefficient (Wildman–Crippen LogP) is 4.38. The number of amides is 1. The third-order valence-electron chi connectivity index (χ3n) is 6.05. The second-order valence-corrected chi connectivity index (χ2v) is 9.92. The van der Waals surface area contributed by atoms with Crippen LogP contribution in [0.5, 0.6) is 11.5 Å². The van der Waals surface area contributed by atoms with E-state index in [2.05, 4.69) is 10.3 Å². The Labute approximate surface area is 225 Å². The first-order valence-electron chi connectivity index (χ1n) is 11.5. The molecular formula is C28H21ClFN3O4S. The number of carbonyl (C=O) groups excluding carboxylic acids is 1. The van der Waals surface area contributed by atoms with Gasteiger partial charge in [-0.05, 0) is 60.5 Å². The van der Waals surface area contributed by atoms with Crippen LogP contribution in [-0.2, 0) is 4.79 Å². The Hall–Kier alpha value is -4.21. The summed E-state index contributed by atoms with van der Waals surface area (Å²) in [5.41, 5.74) is 2.01. The van der Waals surface area contributed by atoms with Crippen molar-refractivity contribution >= 4 is 40.6 Å². The van der Waals surface area contributed by atoms with Crippen LogP contribution in [0.4, 0.5) is 10.1 Å². The highest BCUT2D eigenvalue weighted by Gasteiger charge is 2.32. The van der Waals surface area contributed by atoms with Crippen LogP contribution < -0.4 is 24.9 Å². The molecule has 7 nitrogen and oxygen atoms in total. The van der Waals surface area contributed by atoms with E-state index in [1.807, 2.05) is 6.07 Å². The minimum absolute atomic E-state index is 0.0725. The van der Waals surface area contributed by atoms with Gasteiger partial charge in [-0.1, -0.05) is 53.3 Å². The van der Waals surface area contributed by atoms with E-state index < -0.39 is 17.8 Å². The van der Waals surface area contributed by atoms with Crippen LogP contribution in [0, 0.1) is 5.82 Å². The van der Waals surface area contributed by atoms with Crippen LogP contribution in [0.25, 0.3) is 6.08 Å². The Morgan fingerprint density at radius 1 is 1.18 bits per heavy atom. The normalized spacial score (nSPS) is 15.2. The average molecular weight is 550 g/mol. The number of thiazole rings is 1. The predicted molar refractivity (Wildman–Crippen MR) is 145 cm³/mol. The number of nitrogens with one attached hydrogen (secondary N) is 1. The summed E-state index contributed by atoms with van der Waals surface area (Å²) < 4.78 is 20.7. The number of ether oxygens (including phenoxy) is 1. The molecule has 1 aliphatic heterocycles. The van der Waals surface area contributed by atoms with Gasteiger partial charge in [-0.15, -0.1) is 0 Å². The quantitative estimate of drug-likeness (QED) is 0.386. The van der Waals surface area contributed by atoms with E-state index in [9.17, 15) is 19.1 Å². The lowest BCUT2D eigenvalue weighted by molar-refractivity contribution is -0.113. The van der Waals surface area contributed by atoms with E-state index in [0.717, 1.165) is 11.3 Å². The fraction of sp³-hybridized carbons (Fsp3) is 0.107. The summed E-state index contributed by atoms with van der Waals surface area (Å²) in [5.74, 6) is -0.892. The molecule has 1 aromatic heterocycles. The second kappa shape index (κ2) is 10.3. The highest BCUT2D eigenvalue weighted by atomic mass is 35.5. The fourth-order valence-electron chi connectivity index (χ4n) is 4.28. The SMILES string of the molecule is COc1cc(/C=c2\sc3n(c2=O)[C@H](c2ccc(F)cc2)C(C(=O)Nc2ccccc2)=C(C)N=3)cc(Cl)c1O. The van der Waals surface area contributed by atoms with E-state index in [1.165, 1.54) is 29.9 Å². The number of para-hydroxylation sites is 1. The summed E-state index contributed by atoms with van der Waals surface area (Å²) in [4.78, 5) is 32.2. The standard InChI is InChI=1S/C28H21ClFN3O4S/c1-15-23(26(35)32-19-6-4-3-5-7-19)24(17-8-10-18(30)11-9-17)33-27(36)22(38-28(33)31-15)14-16-12-20(29)25(34)21(13-16)37-2/h3-14,24,34H,1-2H3,(H,32,35)/b22-14-/t24-/m1/s1. The molecule has 0 aliphatic carbocycles. The van der Waals surface area contributed by atoms with Crippen LogP contribution >= 0.6 is 22.9 Å². The van der Waals surface area contributed by atoms with Crippen molar-refractivity contribution in [1.29, 1.82) is 0 Å². The molecule has 1 atom stereocenters. The third-order valence-corrected chi connectivity index (χ3v) is 7.32. The molecule has 0 saturated carbocycles. The number of hydrogen-bond acceptors (Lipinski definition) is 6. The maximum atomic E-state index is 13.8. The van der Waals surface area contributed by atoms with E-state index in [-0.39, 0.29) is 27.7 Å². The molecule has 0 fully saturated rings. The molecule has 3 aromatic carbocycles. The monoisotopic (exact) mass is 549 g/mol. The molecule has 0 radical (unpaired) electrons. The minimum Gasteiger partial charge on any atom is -0.503 e. The zero-order chi connectivity index (χ0) is 27.0. The van der Waals surface area contributed by atoms with Gasteiger partial charge in [0, 0.05) is 5.69 Å². The molecule has 38 heavy (non-hydrogen) atoms. The summed E-state index contributed by atoms with van der Waals surface area (Å²) in [6, 6.07) is 16.9. The number of benzene rings is 3. The van der Waals surface area contributed by atoms with Gasteiger partial charge in [-0.25, -0.2) is 9.38 Å². The van der Waals surface area contributed by atoms with Crippen LogP contribution in [0.3, 0.4) is 0 Å². The third kappa shape index (κ3) is 4.73. The fourth-order valence-corrected chi connectivity index (χ4v) is 5.54. The van der Waals surface area contributed by atoms with Gasteiger partial charge in [0.25, 0.3) is 11.5 Å². The first-order valence-corrected chi connectivity index (χ1v) is 12.7. The molecule has 0 spiro atoms. The number of aromatic hydroxyl groups is 1. The second-order valence-electron chi connectivity index (χ2n) is 8.51. The van der Waals surface area contributed by atoms with E-state index in [1.54, 1.807) is 55.5 Å². The number of nitrogens with zero attached hydrogens (tertiary/aromatic N) is 2. The number of rotatable bonds is 5. The van der Waals surface area contributed by atoms with E-state index in [4.69, 9.17) is 16.3 Å². The minimum atomic E-state index is -0.837. The zero-order valence-corrected chi connectivity index (χ0v) is 21.8. The molecule has 192 valence electrons. The van der Waals surface area contributed by atoms with Gasteiger partial charge < -0.3 is 15.2 Å². The number of carbonyl (C=O) groups is 1. The number of allylic oxidation sites excluding steroid dienone is 1. The highest BCUT2D eigenvalue weighted by molar-refractivity contribution is 7.07. The average Bonchev–Trinajstić information content (AvgIpc) is 3.20. The molecular weight excluding hydrogens is 529 g/mol. The smallest absolute Gasteiger partial charge is 0.271 e. The number of methoxy groups -OCH3 is 1. The van der Waals surface area contributed by atoms with Gasteiger partial charge in [0.1, 0.15) is 5.82 Å². The molecule has 1 amide bonds. The van der Waals surface area contributed by atoms with Crippen molar-refractivity contribution in [1.82, 2.24) is 4.57 Å². The topological polar surface area (TPSA) is 92.9 Å². The van der Waals surface area contributed by atoms with Gasteiger partial charge in [0.15, 0.2) is 16.3 Å². The summed E-state index contributed by atoms with van der Waals surface area (Å²) in [7, 11) is 1.40. The number of phenolic OH excluding ortho intramolecular Hbond substituents is 1. The Morgan fingerprint density at radius 2 is 1.89 bits per heavy atom. The molecule has 0 bridgehead atoms. The van der Waals surface area contributed by atoms with Crippen LogP contribution in [0.2, 0.25) is 5.02 Å². The van der Waals surface area contributed by atoms with Gasteiger partial charge in [-0.2, -0.15) is 0 Å². The largest absolute Gasteiger partial charge is 0.503 e. The van der Waals surface area contributed by atoms with Gasteiger partial charge in [0.05, 0.1) is 34.0 Å². The van der Waals surface area contributed by atoms with Crippen molar-refractivity contribution in [2.75, 3.05) is 12.4 Å². The Bertz CT molecular complexity index is 1760. The summed E-state index contributed by atoms with van der Waals surface area (Å²) >= 11 is 7.28. The molecule has 0 saturated heterocycles. The maximum absolute atomic E-state index is 13.8. The number of aromatic nitrogens is 1. The van der Waals surface area contributed by atoms with Crippen molar-refractivity contribution in [2.45, 2.75) is 13.0 Å². The van der Waals surface area contributed by atoms with Gasteiger partial charge in [-0.3, -0.25) is 14.2 Å². The van der Waals surface area contributed by atoms with Crippen molar-refractivity contribution in [3.63, 3.8) is 0 Å². The molecule has 2 heterocycles. The lowest BCUT2D eigenvalue weighted by Crippen LogP contribution is -2.40. The van der Waals surface area contributed by atoms with Crippen molar-refractivity contribution < 1.29 is 19.0 Å². The number of fused-ring (bicyclic) bond motifs is 1. The summed E-state index contributed by atoms with van der Waals surface area (Å²) in [6.45, 7) is 1.71. The number of anilines is 1. The molecule has 1 aliphatic rings. The van der Waals surface area contributed by atoms with Crippen molar-refractivity contribution in [3.8, 4) is 11.5 Å². The molecule has 10 heteroatoms.